The number of nitrogens with one attached hydrogen (secondary N) is 1. The van der Waals surface area contributed by atoms with Crippen molar-refractivity contribution in [2.45, 2.75) is 59.1 Å². The van der Waals surface area contributed by atoms with Gasteiger partial charge in [0, 0.05) is 17.2 Å². The standard InChI is InChI=1S/C18H24N2O2/c1-9-7-13(15-11(3)20-22-12(15)4)8-14-10(2)17(21)18(5,6)19-16(9)14/h7-8,10,17,19,21H,1-6H3. The van der Waals surface area contributed by atoms with Crippen molar-refractivity contribution in [3.8, 4) is 11.1 Å². The Kier molecular flexibility index (Phi) is 3.33. The minimum absolute atomic E-state index is 0.0744. The molecule has 0 spiro atoms. The lowest BCUT2D eigenvalue weighted by atomic mass is 9.77. The van der Waals surface area contributed by atoms with E-state index < -0.39 is 6.10 Å². The molecule has 0 saturated carbocycles. The molecule has 4 heteroatoms. The molecule has 0 fully saturated rings. The third kappa shape index (κ3) is 2.13. The van der Waals surface area contributed by atoms with Crippen LogP contribution in [-0.2, 0) is 0 Å². The van der Waals surface area contributed by atoms with E-state index in [2.05, 4.69) is 36.5 Å². The van der Waals surface area contributed by atoms with Crippen LogP contribution < -0.4 is 5.32 Å². The van der Waals surface area contributed by atoms with Crippen molar-refractivity contribution < 1.29 is 9.63 Å². The predicted octanol–water partition coefficient (Wildman–Crippen LogP) is 3.94. The van der Waals surface area contributed by atoms with E-state index in [4.69, 9.17) is 4.52 Å². The Morgan fingerprint density at radius 1 is 1.23 bits per heavy atom. The Labute approximate surface area is 131 Å². The summed E-state index contributed by atoms with van der Waals surface area (Å²) in [5.41, 5.74) is 6.20. The summed E-state index contributed by atoms with van der Waals surface area (Å²) in [4.78, 5) is 0. The average Bonchev–Trinajstić information content (AvgIpc) is 2.77. The topological polar surface area (TPSA) is 58.3 Å². The number of fused-ring (bicyclic) bond motifs is 1. The zero-order chi connectivity index (χ0) is 16.2. The van der Waals surface area contributed by atoms with Crippen molar-refractivity contribution in [2.24, 2.45) is 0 Å². The number of aliphatic hydroxyl groups excluding tert-OH is 1. The Hall–Kier alpha value is -1.81. The van der Waals surface area contributed by atoms with Crippen molar-refractivity contribution >= 4 is 5.69 Å². The van der Waals surface area contributed by atoms with E-state index in [0.29, 0.717) is 0 Å². The van der Waals surface area contributed by atoms with E-state index in [1.807, 2.05) is 27.7 Å². The number of rotatable bonds is 1. The van der Waals surface area contributed by atoms with Gasteiger partial charge in [0.1, 0.15) is 5.76 Å². The van der Waals surface area contributed by atoms with Gasteiger partial charge in [-0.05, 0) is 63.4 Å². The van der Waals surface area contributed by atoms with Crippen LogP contribution in [0.3, 0.4) is 0 Å². The van der Waals surface area contributed by atoms with Gasteiger partial charge in [-0.15, -0.1) is 0 Å². The van der Waals surface area contributed by atoms with Gasteiger partial charge in [-0.1, -0.05) is 12.1 Å². The van der Waals surface area contributed by atoms with Gasteiger partial charge < -0.3 is 14.9 Å². The highest BCUT2D eigenvalue weighted by molar-refractivity contribution is 5.75. The Balaban J connectivity index is 2.19. The number of aliphatic hydroxyl groups is 1. The van der Waals surface area contributed by atoms with Crippen molar-refractivity contribution in [1.82, 2.24) is 5.16 Å². The Morgan fingerprint density at radius 3 is 2.50 bits per heavy atom. The van der Waals surface area contributed by atoms with E-state index in [9.17, 15) is 5.11 Å². The number of aryl methyl sites for hydroxylation is 3. The molecule has 1 aromatic heterocycles. The highest BCUT2D eigenvalue weighted by atomic mass is 16.5. The first-order valence-corrected chi connectivity index (χ1v) is 7.76. The molecule has 2 N–H and O–H groups in total. The number of hydrogen-bond acceptors (Lipinski definition) is 4. The van der Waals surface area contributed by atoms with Crippen molar-refractivity contribution in [3.05, 3.63) is 34.7 Å². The molecule has 0 bridgehead atoms. The first-order chi connectivity index (χ1) is 10.2. The van der Waals surface area contributed by atoms with Crippen LogP contribution >= 0.6 is 0 Å². The summed E-state index contributed by atoms with van der Waals surface area (Å²) in [6, 6.07) is 4.32. The lowest BCUT2D eigenvalue weighted by molar-refractivity contribution is 0.0869. The van der Waals surface area contributed by atoms with Gasteiger partial charge in [0.15, 0.2) is 0 Å². The van der Waals surface area contributed by atoms with Gasteiger partial charge in [-0.3, -0.25) is 0 Å². The molecule has 4 nitrogen and oxygen atoms in total. The second kappa shape index (κ2) is 4.85. The predicted molar refractivity (Wildman–Crippen MR) is 88.3 cm³/mol. The first kappa shape index (κ1) is 15.1. The Morgan fingerprint density at radius 2 is 1.91 bits per heavy atom. The monoisotopic (exact) mass is 300 g/mol. The molecule has 0 saturated heterocycles. The van der Waals surface area contributed by atoms with Crippen LogP contribution in [0.4, 0.5) is 5.69 Å². The van der Waals surface area contributed by atoms with Gasteiger partial charge in [0.2, 0.25) is 0 Å². The molecule has 2 unspecified atom stereocenters. The van der Waals surface area contributed by atoms with Crippen molar-refractivity contribution in [3.63, 3.8) is 0 Å². The number of anilines is 1. The molecule has 0 radical (unpaired) electrons. The van der Waals surface area contributed by atoms with Gasteiger partial charge in [-0.2, -0.15) is 0 Å². The quantitative estimate of drug-likeness (QED) is 0.837. The molecule has 2 aromatic rings. The normalized spacial score (nSPS) is 23.0. The minimum Gasteiger partial charge on any atom is -0.390 e. The van der Waals surface area contributed by atoms with Crippen LogP contribution in [0.2, 0.25) is 0 Å². The molecule has 1 aliphatic heterocycles. The molecule has 118 valence electrons. The van der Waals surface area contributed by atoms with Crippen LogP contribution in [0.1, 0.15) is 49.3 Å². The second-order valence-corrected chi connectivity index (χ2v) is 7.04. The number of nitrogens with zero attached hydrogens (tertiary/aromatic N) is 1. The lowest BCUT2D eigenvalue weighted by Gasteiger charge is -2.43. The summed E-state index contributed by atoms with van der Waals surface area (Å²) < 4.78 is 5.30. The van der Waals surface area contributed by atoms with Crippen molar-refractivity contribution in [1.29, 1.82) is 0 Å². The van der Waals surface area contributed by atoms with E-state index in [1.54, 1.807) is 0 Å². The maximum atomic E-state index is 10.6. The summed E-state index contributed by atoms with van der Waals surface area (Å²) >= 11 is 0. The molecule has 0 amide bonds. The minimum atomic E-state index is -0.431. The fourth-order valence-electron chi connectivity index (χ4n) is 3.57. The zero-order valence-corrected chi connectivity index (χ0v) is 14.1. The third-order valence-electron chi connectivity index (χ3n) is 4.84. The smallest absolute Gasteiger partial charge is 0.141 e. The highest BCUT2D eigenvalue weighted by Crippen LogP contribution is 2.43. The molecular weight excluding hydrogens is 276 g/mol. The number of benzene rings is 1. The summed E-state index contributed by atoms with van der Waals surface area (Å²) in [7, 11) is 0. The maximum absolute atomic E-state index is 10.6. The van der Waals surface area contributed by atoms with E-state index in [0.717, 1.165) is 33.8 Å². The Bertz CT molecular complexity index is 711. The third-order valence-corrected chi connectivity index (χ3v) is 4.84. The van der Waals surface area contributed by atoms with Crippen LogP contribution in [0.5, 0.6) is 0 Å². The van der Waals surface area contributed by atoms with Gasteiger partial charge in [-0.25, -0.2) is 0 Å². The molecule has 0 aliphatic carbocycles. The lowest BCUT2D eigenvalue weighted by Crippen LogP contribution is -2.50. The molecule has 2 heterocycles. The van der Waals surface area contributed by atoms with Crippen LogP contribution in [-0.4, -0.2) is 21.9 Å². The van der Waals surface area contributed by atoms with Gasteiger partial charge >= 0.3 is 0 Å². The molecular formula is C18H24N2O2. The van der Waals surface area contributed by atoms with E-state index >= 15 is 0 Å². The SMILES string of the molecule is Cc1cc(-c2c(C)noc2C)cc2c1NC(C)(C)C(O)C2C. The molecule has 22 heavy (non-hydrogen) atoms. The summed E-state index contributed by atoms with van der Waals surface area (Å²) in [6.07, 6.45) is -0.431. The number of hydrogen-bond donors (Lipinski definition) is 2. The highest BCUT2D eigenvalue weighted by Gasteiger charge is 2.39. The van der Waals surface area contributed by atoms with E-state index in [1.165, 1.54) is 5.56 Å². The molecule has 1 aliphatic rings. The second-order valence-electron chi connectivity index (χ2n) is 7.04. The van der Waals surface area contributed by atoms with Gasteiger partial charge in [0.25, 0.3) is 0 Å². The molecule has 1 aromatic carbocycles. The first-order valence-electron chi connectivity index (χ1n) is 7.76. The van der Waals surface area contributed by atoms with Crippen LogP contribution in [0, 0.1) is 20.8 Å². The molecule has 2 atom stereocenters. The summed E-state index contributed by atoms with van der Waals surface area (Å²) in [5, 5.41) is 18.1. The molecule has 3 rings (SSSR count). The number of aromatic nitrogens is 1. The maximum Gasteiger partial charge on any atom is 0.141 e. The van der Waals surface area contributed by atoms with Gasteiger partial charge in [0.05, 0.1) is 17.3 Å². The largest absolute Gasteiger partial charge is 0.390 e. The average molecular weight is 300 g/mol. The zero-order valence-electron chi connectivity index (χ0n) is 14.1. The fraction of sp³-hybridized carbons (Fsp3) is 0.500. The van der Waals surface area contributed by atoms with Crippen LogP contribution in [0.15, 0.2) is 16.7 Å². The summed E-state index contributed by atoms with van der Waals surface area (Å²) in [6.45, 7) is 12.2. The van der Waals surface area contributed by atoms with E-state index in [-0.39, 0.29) is 11.5 Å². The van der Waals surface area contributed by atoms with Crippen molar-refractivity contribution in [2.75, 3.05) is 5.32 Å². The summed E-state index contributed by atoms with van der Waals surface area (Å²) in [5.74, 6) is 0.902. The van der Waals surface area contributed by atoms with Crippen LogP contribution in [0.25, 0.3) is 11.1 Å². The fourth-order valence-corrected chi connectivity index (χ4v) is 3.57.